The molecule has 6 heteroatoms. The first-order chi connectivity index (χ1) is 7.16. The van der Waals surface area contributed by atoms with E-state index in [2.05, 4.69) is 9.97 Å². The lowest BCUT2D eigenvalue weighted by atomic mass is 10.1. The van der Waals surface area contributed by atoms with E-state index in [0.717, 1.165) is 6.20 Å². The molecule has 0 aromatic carbocycles. The van der Waals surface area contributed by atoms with Crippen molar-refractivity contribution in [3.8, 4) is 0 Å². The molecule has 5 nitrogen and oxygen atoms in total. The van der Waals surface area contributed by atoms with E-state index in [4.69, 9.17) is 5.11 Å². The number of rotatable bonds is 2. The van der Waals surface area contributed by atoms with Crippen molar-refractivity contribution in [1.29, 1.82) is 0 Å². The summed E-state index contributed by atoms with van der Waals surface area (Å²) in [5.74, 6) is -1.46. The third-order valence-corrected chi connectivity index (χ3v) is 2.45. The zero-order valence-corrected chi connectivity index (χ0v) is 7.93. The molecule has 15 heavy (non-hydrogen) atoms. The molecule has 1 N–H and O–H groups in total. The largest absolute Gasteiger partial charge is 0.481 e. The summed E-state index contributed by atoms with van der Waals surface area (Å²) in [4.78, 5) is 19.8. The Bertz CT molecular complexity index is 385. The van der Waals surface area contributed by atoms with Gasteiger partial charge in [-0.05, 0) is 6.42 Å². The maximum Gasteiger partial charge on any atom is 0.308 e. The van der Waals surface area contributed by atoms with Crippen LogP contribution in [-0.4, -0.2) is 34.1 Å². The lowest BCUT2D eigenvalue weighted by Crippen LogP contribution is -2.23. The summed E-state index contributed by atoms with van der Waals surface area (Å²) in [6, 6.07) is 0. The third kappa shape index (κ3) is 2.03. The average Bonchev–Trinajstić information content (AvgIpc) is 2.66. The average molecular weight is 211 g/mol. The van der Waals surface area contributed by atoms with E-state index in [1.807, 2.05) is 0 Å². The van der Waals surface area contributed by atoms with Crippen LogP contribution in [0.4, 0.5) is 10.2 Å². The van der Waals surface area contributed by atoms with Crippen molar-refractivity contribution >= 4 is 11.8 Å². The van der Waals surface area contributed by atoms with Crippen LogP contribution in [-0.2, 0) is 4.79 Å². The lowest BCUT2D eigenvalue weighted by Gasteiger charge is -2.15. The van der Waals surface area contributed by atoms with Gasteiger partial charge in [0.05, 0.1) is 18.3 Å². The van der Waals surface area contributed by atoms with E-state index < -0.39 is 17.8 Å². The number of hydrogen-bond acceptors (Lipinski definition) is 4. The smallest absolute Gasteiger partial charge is 0.308 e. The zero-order chi connectivity index (χ0) is 10.8. The predicted octanol–water partition coefficient (Wildman–Crippen LogP) is 0.527. The number of halogens is 1. The Hall–Kier alpha value is -1.72. The van der Waals surface area contributed by atoms with Gasteiger partial charge in [0.2, 0.25) is 5.95 Å². The van der Waals surface area contributed by atoms with Crippen LogP contribution in [0.25, 0.3) is 0 Å². The fourth-order valence-corrected chi connectivity index (χ4v) is 1.65. The number of carboxylic acid groups (broad SMARTS) is 1. The molecule has 2 rings (SSSR count). The number of carboxylic acids is 1. The van der Waals surface area contributed by atoms with Crippen molar-refractivity contribution in [1.82, 2.24) is 9.97 Å². The maximum atomic E-state index is 12.8. The van der Waals surface area contributed by atoms with E-state index in [1.165, 1.54) is 6.20 Å². The van der Waals surface area contributed by atoms with Gasteiger partial charge in [-0.25, -0.2) is 0 Å². The highest BCUT2D eigenvalue weighted by molar-refractivity contribution is 5.71. The van der Waals surface area contributed by atoms with Gasteiger partial charge in [-0.15, -0.1) is 0 Å². The van der Waals surface area contributed by atoms with Gasteiger partial charge in [-0.1, -0.05) is 0 Å². The molecule has 0 bridgehead atoms. The minimum atomic E-state index is -0.818. The Labute approximate surface area is 85.6 Å². The van der Waals surface area contributed by atoms with Crippen molar-refractivity contribution in [2.24, 2.45) is 5.92 Å². The first-order valence-electron chi connectivity index (χ1n) is 4.62. The highest BCUT2D eigenvalue weighted by Crippen LogP contribution is 2.21. The SMILES string of the molecule is O=C(O)[C@H]1CCN(c2cncc(F)n2)C1. The van der Waals surface area contributed by atoms with Crippen LogP contribution in [0.15, 0.2) is 12.4 Å². The summed E-state index contributed by atoms with van der Waals surface area (Å²) < 4.78 is 12.8. The predicted molar refractivity (Wildman–Crippen MR) is 49.9 cm³/mol. The van der Waals surface area contributed by atoms with Crippen molar-refractivity contribution in [2.45, 2.75) is 6.42 Å². The molecule has 0 amide bonds. The Morgan fingerprint density at radius 3 is 3.00 bits per heavy atom. The highest BCUT2D eigenvalue weighted by atomic mass is 19.1. The number of carbonyl (C=O) groups is 1. The van der Waals surface area contributed by atoms with E-state index in [1.54, 1.807) is 4.90 Å². The molecule has 1 aliphatic rings. The topological polar surface area (TPSA) is 66.3 Å². The summed E-state index contributed by atoms with van der Waals surface area (Å²) in [5.41, 5.74) is 0. The van der Waals surface area contributed by atoms with Crippen LogP contribution >= 0.6 is 0 Å². The number of aliphatic carboxylic acids is 1. The molecule has 2 heterocycles. The molecule has 1 atom stereocenters. The molecule has 1 fully saturated rings. The Balaban J connectivity index is 2.11. The molecule has 1 saturated heterocycles. The summed E-state index contributed by atoms with van der Waals surface area (Å²) in [6.07, 6.45) is 3.02. The first-order valence-corrected chi connectivity index (χ1v) is 4.62. The van der Waals surface area contributed by atoms with E-state index >= 15 is 0 Å². The van der Waals surface area contributed by atoms with Crippen LogP contribution in [0.2, 0.25) is 0 Å². The van der Waals surface area contributed by atoms with Gasteiger partial charge in [0.15, 0.2) is 0 Å². The highest BCUT2D eigenvalue weighted by Gasteiger charge is 2.28. The molecule has 0 aliphatic carbocycles. The van der Waals surface area contributed by atoms with Gasteiger partial charge < -0.3 is 10.0 Å². The standard InChI is InChI=1S/C9H10FN3O2/c10-7-3-11-4-8(12-7)13-2-1-6(5-13)9(14)15/h3-4,6H,1-2,5H2,(H,14,15)/t6-/m0/s1. The minimum absolute atomic E-state index is 0.369. The molecular formula is C9H10FN3O2. The van der Waals surface area contributed by atoms with Crippen molar-refractivity contribution < 1.29 is 14.3 Å². The fourth-order valence-electron chi connectivity index (χ4n) is 1.65. The van der Waals surface area contributed by atoms with Crippen molar-refractivity contribution in [3.63, 3.8) is 0 Å². The summed E-state index contributed by atoms with van der Waals surface area (Å²) >= 11 is 0. The van der Waals surface area contributed by atoms with Crippen LogP contribution < -0.4 is 4.90 Å². The molecule has 0 radical (unpaired) electrons. The molecule has 0 spiro atoms. The molecule has 1 aromatic heterocycles. The van der Waals surface area contributed by atoms with Gasteiger partial charge >= 0.3 is 5.97 Å². The molecule has 0 saturated carbocycles. The van der Waals surface area contributed by atoms with Crippen molar-refractivity contribution in [2.75, 3.05) is 18.0 Å². The fraction of sp³-hybridized carbons (Fsp3) is 0.444. The van der Waals surface area contributed by atoms with Gasteiger partial charge in [0.1, 0.15) is 5.82 Å². The second-order valence-corrected chi connectivity index (χ2v) is 3.47. The number of aromatic nitrogens is 2. The number of anilines is 1. The van der Waals surface area contributed by atoms with E-state index in [-0.39, 0.29) is 0 Å². The number of nitrogens with zero attached hydrogens (tertiary/aromatic N) is 3. The van der Waals surface area contributed by atoms with E-state index in [9.17, 15) is 9.18 Å². The lowest BCUT2D eigenvalue weighted by molar-refractivity contribution is -0.140. The van der Waals surface area contributed by atoms with Gasteiger partial charge in [0.25, 0.3) is 0 Å². The Morgan fingerprint density at radius 2 is 2.40 bits per heavy atom. The molecule has 80 valence electrons. The van der Waals surface area contributed by atoms with Crippen molar-refractivity contribution in [3.05, 3.63) is 18.3 Å². The van der Waals surface area contributed by atoms with Crippen LogP contribution in [0, 0.1) is 11.9 Å². The number of hydrogen-bond donors (Lipinski definition) is 1. The normalized spacial score (nSPS) is 20.6. The Morgan fingerprint density at radius 1 is 1.60 bits per heavy atom. The second-order valence-electron chi connectivity index (χ2n) is 3.47. The minimum Gasteiger partial charge on any atom is -0.481 e. The maximum absolute atomic E-state index is 12.8. The zero-order valence-electron chi connectivity index (χ0n) is 7.93. The summed E-state index contributed by atoms with van der Waals surface area (Å²) in [6.45, 7) is 0.947. The molecule has 1 aromatic rings. The molecule has 1 aliphatic heterocycles. The van der Waals surface area contributed by atoms with Gasteiger partial charge in [0, 0.05) is 13.1 Å². The molecular weight excluding hydrogens is 201 g/mol. The van der Waals surface area contributed by atoms with Crippen LogP contribution in [0.1, 0.15) is 6.42 Å². The van der Waals surface area contributed by atoms with Gasteiger partial charge in [-0.3, -0.25) is 9.78 Å². The quantitative estimate of drug-likeness (QED) is 0.772. The van der Waals surface area contributed by atoms with E-state index in [0.29, 0.717) is 25.3 Å². The monoisotopic (exact) mass is 211 g/mol. The van der Waals surface area contributed by atoms with Gasteiger partial charge in [-0.2, -0.15) is 9.37 Å². The Kier molecular flexibility index (Phi) is 2.49. The third-order valence-electron chi connectivity index (χ3n) is 2.45. The first kappa shape index (κ1) is 9.82. The molecule has 0 unspecified atom stereocenters. The summed E-state index contributed by atoms with van der Waals surface area (Å²) in [7, 11) is 0. The second kappa shape index (κ2) is 3.80. The van der Waals surface area contributed by atoms with Crippen LogP contribution in [0.5, 0.6) is 0 Å². The van der Waals surface area contributed by atoms with Crippen LogP contribution in [0.3, 0.4) is 0 Å². The summed E-state index contributed by atoms with van der Waals surface area (Å²) in [5, 5.41) is 8.80.